The first-order valence-corrected chi connectivity index (χ1v) is 10.3. The zero-order valence-electron chi connectivity index (χ0n) is 16.1. The van der Waals surface area contributed by atoms with Crippen molar-refractivity contribution in [3.05, 3.63) is 71.1 Å². The fourth-order valence-corrected chi connectivity index (χ4v) is 3.24. The Hall–Kier alpha value is -2.92. The first-order valence-electron chi connectivity index (χ1n) is 9.38. The van der Waals surface area contributed by atoms with Crippen molar-refractivity contribution in [3.8, 4) is 17.0 Å². The average Bonchev–Trinajstić information content (AvgIpc) is 3.16. The number of anilines is 1. The number of rotatable bonds is 8. The summed E-state index contributed by atoms with van der Waals surface area (Å²) in [7, 11) is 0. The normalized spacial score (nSPS) is 10.9. The van der Waals surface area contributed by atoms with Gasteiger partial charge >= 0.3 is 0 Å². The highest BCUT2D eigenvalue weighted by Gasteiger charge is 2.06. The molecule has 0 saturated heterocycles. The summed E-state index contributed by atoms with van der Waals surface area (Å²) in [6.07, 6.45) is 5.45. The van der Waals surface area contributed by atoms with Gasteiger partial charge in [0, 0.05) is 17.0 Å². The molecule has 1 amide bonds. The van der Waals surface area contributed by atoms with Gasteiger partial charge in [-0.25, -0.2) is 4.98 Å². The monoisotopic (exact) mass is 392 g/mol. The molecule has 0 aliphatic carbocycles. The number of hydrogen-bond donors (Lipinski definition) is 1. The Morgan fingerprint density at radius 1 is 1.14 bits per heavy atom. The quantitative estimate of drug-likeness (QED) is 0.381. The molecule has 0 atom stereocenters. The van der Waals surface area contributed by atoms with Crippen LogP contribution in [0, 0.1) is 6.92 Å². The van der Waals surface area contributed by atoms with Crippen LogP contribution in [0.1, 0.15) is 30.9 Å². The Bertz CT molecular complexity index is 928. The Balaban J connectivity index is 1.54. The van der Waals surface area contributed by atoms with E-state index in [4.69, 9.17) is 4.74 Å². The average molecular weight is 393 g/mol. The number of thiazole rings is 1. The predicted octanol–water partition coefficient (Wildman–Crippen LogP) is 5.95. The van der Waals surface area contributed by atoms with Gasteiger partial charge in [0.25, 0.3) is 0 Å². The molecule has 2 aromatic carbocycles. The van der Waals surface area contributed by atoms with Gasteiger partial charge in [-0.05, 0) is 37.1 Å². The third-order valence-electron chi connectivity index (χ3n) is 4.16. The third kappa shape index (κ3) is 5.79. The SMILES string of the molecule is CCCCOc1ccc(C=CC(=O)Nc2nc(-c3ccc(C)cc3)cs2)cc1. The Morgan fingerprint density at radius 2 is 1.89 bits per heavy atom. The second kappa shape index (κ2) is 9.85. The molecule has 0 fully saturated rings. The number of aryl methyl sites for hydroxylation is 1. The lowest BCUT2D eigenvalue weighted by molar-refractivity contribution is -0.111. The highest BCUT2D eigenvalue weighted by Crippen LogP contribution is 2.25. The number of carbonyl (C=O) groups excluding carboxylic acids is 1. The van der Waals surface area contributed by atoms with Crippen molar-refractivity contribution < 1.29 is 9.53 Å². The van der Waals surface area contributed by atoms with Crippen LogP contribution in [0.5, 0.6) is 5.75 Å². The van der Waals surface area contributed by atoms with Crippen LogP contribution >= 0.6 is 11.3 Å². The Labute approximate surface area is 169 Å². The molecule has 0 aliphatic heterocycles. The van der Waals surface area contributed by atoms with Crippen LogP contribution in [-0.4, -0.2) is 17.5 Å². The smallest absolute Gasteiger partial charge is 0.250 e. The topological polar surface area (TPSA) is 51.2 Å². The second-order valence-electron chi connectivity index (χ2n) is 6.50. The van der Waals surface area contributed by atoms with Crippen LogP contribution < -0.4 is 10.1 Å². The minimum atomic E-state index is -0.201. The van der Waals surface area contributed by atoms with E-state index >= 15 is 0 Å². The van der Waals surface area contributed by atoms with Crippen molar-refractivity contribution in [1.82, 2.24) is 4.98 Å². The number of carbonyl (C=O) groups is 1. The summed E-state index contributed by atoms with van der Waals surface area (Å²) in [6.45, 7) is 4.92. The molecule has 5 heteroatoms. The molecule has 0 radical (unpaired) electrons. The van der Waals surface area contributed by atoms with Gasteiger partial charge in [0.05, 0.1) is 12.3 Å². The summed E-state index contributed by atoms with van der Waals surface area (Å²) < 4.78 is 5.64. The lowest BCUT2D eigenvalue weighted by Crippen LogP contribution is -2.07. The molecule has 3 aromatic rings. The number of ether oxygens (including phenoxy) is 1. The molecular weight excluding hydrogens is 368 g/mol. The molecule has 0 spiro atoms. The minimum Gasteiger partial charge on any atom is -0.494 e. The van der Waals surface area contributed by atoms with Crippen molar-refractivity contribution in [2.24, 2.45) is 0 Å². The molecular formula is C23H24N2O2S. The van der Waals surface area contributed by atoms with E-state index in [-0.39, 0.29) is 5.91 Å². The molecule has 1 aromatic heterocycles. The van der Waals surface area contributed by atoms with Gasteiger partial charge in [-0.1, -0.05) is 55.3 Å². The van der Waals surface area contributed by atoms with Crippen LogP contribution in [-0.2, 0) is 4.79 Å². The molecule has 0 saturated carbocycles. The molecule has 1 N–H and O–H groups in total. The van der Waals surface area contributed by atoms with Gasteiger partial charge < -0.3 is 4.74 Å². The molecule has 0 bridgehead atoms. The van der Waals surface area contributed by atoms with Crippen molar-refractivity contribution in [3.63, 3.8) is 0 Å². The fourth-order valence-electron chi connectivity index (χ4n) is 2.52. The maximum Gasteiger partial charge on any atom is 0.250 e. The second-order valence-corrected chi connectivity index (χ2v) is 7.36. The maximum atomic E-state index is 12.2. The largest absolute Gasteiger partial charge is 0.494 e. The zero-order chi connectivity index (χ0) is 19.8. The number of hydrogen-bond acceptors (Lipinski definition) is 4. The summed E-state index contributed by atoms with van der Waals surface area (Å²) in [6, 6.07) is 15.9. The van der Waals surface area contributed by atoms with Gasteiger partial charge in [0.1, 0.15) is 5.75 Å². The molecule has 28 heavy (non-hydrogen) atoms. The Kier molecular flexibility index (Phi) is 6.98. The van der Waals surface area contributed by atoms with Crippen LogP contribution in [0.2, 0.25) is 0 Å². The van der Waals surface area contributed by atoms with Gasteiger partial charge in [-0.15, -0.1) is 11.3 Å². The summed E-state index contributed by atoms with van der Waals surface area (Å²) in [5.41, 5.74) is 4.05. The Morgan fingerprint density at radius 3 is 2.61 bits per heavy atom. The molecule has 1 heterocycles. The van der Waals surface area contributed by atoms with Crippen LogP contribution in [0.25, 0.3) is 17.3 Å². The molecule has 144 valence electrons. The first-order chi connectivity index (χ1) is 13.6. The zero-order valence-corrected chi connectivity index (χ0v) is 17.0. The highest BCUT2D eigenvalue weighted by molar-refractivity contribution is 7.14. The van der Waals surface area contributed by atoms with Gasteiger partial charge in [0.15, 0.2) is 5.13 Å². The number of unbranched alkanes of at least 4 members (excludes halogenated alkanes) is 1. The molecule has 4 nitrogen and oxygen atoms in total. The van der Waals surface area contributed by atoms with E-state index in [0.717, 1.165) is 42.0 Å². The highest BCUT2D eigenvalue weighted by atomic mass is 32.1. The standard InChI is InChI=1S/C23H24N2O2S/c1-3-4-15-27-20-12-7-18(8-13-20)9-14-22(26)25-23-24-21(16-28-23)19-10-5-17(2)6-11-19/h5-14,16H,3-4,15H2,1-2H3,(H,24,25,26). The molecule has 3 rings (SSSR count). The van der Waals surface area contributed by atoms with Crippen LogP contribution in [0.4, 0.5) is 5.13 Å². The number of amides is 1. The van der Waals surface area contributed by atoms with Crippen molar-refractivity contribution in [2.75, 3.05) is 11.9 Å². The summed E-state index contributed by atoms with van der Waals surface area (Å²) >= 11 is 1.42. The van der Waals surface area contributed by atoms with E-state index in [1.54, 1.807) is 6.08 Å². The maximum absolute atomic E-state index is 12.2. The van der Waals surface area contributed by atoms with E-state index in [0.29, 0.717) is 5.13 Å². The summed E-state index contributed by atoms with van der Waals surface area (Å²) in [5, 5.41) is 5.35. The number of nitrogens with zero attached hydrogens (tertiary/aromatic N) is 1. The first kappa shape index (κ1) is 19.8. The summed E-state index contributed by atoms with van der Waals surface area (Å²) in [5.74, 6) is 0.648. The number of aromatic nitrogens is 1. The third-order valence-corrected chi connectivity index (χ3v) is 4.91. The van der Waals surface area contributed by atoms with E-state index in [1.165, 1.54) is 23.0 Å². The van der Waals surface area contributed by atoms with E-state index in [1.807, 2.05) is 41.8 Å². The lowest BCUT2D eigenvalue weighted by atomic mass is 10.1. The van der Waals surface area contributed by atoms with Gasteiger partial charge in [0.2, 0.25) is 5.91 Å². The fraction of sp³-hybridized carbons (Fsp3) is 0.217. The predicted molar refractivity (Wildman–Crippen MR) is 117 cm³/mol. The van der Waals surface area contributed by atoms with E-state index < -0.39 is 0 Å². The van der Waals surface area contributed by atoms with Crippen molar-refractivity contribution >= 4 is 28.5 Å². The van der Waals surface area contributed by atoms with E-state index in [9.17, 15) is 4.79 Å². The van der Waals surface area contributed by atoms with Crippen molar-refractivity contribution in [2.45, 2.75) is 26.7 Å². The van der Waals surface area contributed by atoms with Gasteiger partial charge in [-0.3, -0.25) is 10.1 Å². The molecule has 0 unspecified atom stereocenters. The number of nitrogens with one attached hydrogen (secondary N) is 1. The van der Waals surface area contributed by atoms with Crippen LogP contribution in [0.3, 0.4) is 0 Å². The number of benzene rings is 2. The minimum absolute atomic E-state index is 0.201. The van der Waals surface area contributed by atoms with E-state index in [2.05, 4.69) is 36.3 Å². The van der Waals surface area contributed by atoms with Crippen LogP contribution in [0.15, 0.2) is 60.0 Å². The van der Waals surface area contributed by atoms with Gasteiger partial charge in [-0.2, -0.15) is 0 Å². The molecule has 0 aliphatic rings. The summed E-state index contributed by atoms with van der Waals surface area (Å²) in [4.78, 5) is 16.7. The lowest BCUT2D eigenvalue weighted by Gasteiger charge is -2.05. The van der Waals surface area contributed by atoms with Crippen molar-refractivity contribution in [1.29, 1.82) is 0 Å².